The zero-order valence-electron chi connectivity index (χ0n) is 7.44. The summed E-state index contributed by atoms with van der Waals surface area (Å²) in [6, 6.07) is 3.64. The van der Waals surface area contributed by atoms with Gasteiger partial charge in [0.1, 0.15) is 11.5 Å². The number of hydrogen-bond acceptors (Lipinski definition) is 4. The third-order valence-corrected chi connectivity index (χ3v) is 1.88. The second-order valence-electron chi connectivity index (χ2n) is 3.17. The Morgan fingerprint density at radius 2 is 1.54 bits per heavy atom. The lowest BCUT2D eigenvalue weighted by atomic mass is 10.0. The SMILES string of the molecule is C[C@H](N)[C@@H](N)c1cc(O)cc(O)c1. The van der Waals surface area contributed by atoms with Crippen molar-refractivity contribution in [1.82, 2.24) is 0 Å². The Labute approximate surface area is 76.8 Å². The molecule has 0 bridgehead atoms. The van der Waals surface area contributed by atoms with Crippen molar-refractivity contribution < 1.29 is 10.2 Å². The smallest absolute Gasteiger partial charge is 0.119 e. The van der Waals surface area contributed by atoms with Crippen LogP contribution in [-0.2, 0) is 0 Å². The van der Waals surface area contributed by atoms with Crippen LogP contribution in [-0.4, -0.2) is 16.3 Å². The van der Waals surface area contributed by atoms with Crippen molar-refractivity contribution >= 4 is 0 Å². The highest BCUT2D eigenvalue weighted by atomic mass is 16.3. The van der Waals surface area contributed by atoms with Crippen LogP contribution >= 0.6 is 0 Å². The molecule has 0 heterocycles. The van der Waals surface area contributed by atoms with Crippen molar-refractivity contribution in [3.63, 3.8) is 0 Å². The van der Waals surface area contributed by atoms with Crippen LogP contribution in [0, 0.1) is 0 Å². The lowest BCUT2D eigenvalue weighted by molar-refractivity contribution is 0.446. The first kappa shape index (κ1) is 9.83. The van der Waals surface area contributed by atoms with E-state index in [9.17, 15) is 0 Å². The molecule has 4 heteroatoms. The molecule has 0 saturated heterocycles. The number of benzene rings is 1. The molecular weight excluding hydrogens is 168 g/mol. The van der Waals surface area contributed by atoms with Gasteiger partial charge < -0.3 is 21.7 Å². The van der Waals surface area contributed by atoms with Crippen LogP contribution < -0.4 is 11.5 Å². The molecule has 1 rings (SSSR count). The Morgan fingerprint density at radius 3 is 1.92 bits per heavy atom. The molecule has 0 amide bonds. The molecule has 0 aromatic heterocycles. The van der Waals surface area contributed by atoms with Crippen molar-refractivity contribution in [2.24, 2.45) is 11.5 Å². The van der Waals surface area contributed by atoms with Gasteiger partial charge in [-0.3, -0.25) is 0 Å². The summed E-state index contributed by atoms with van der Waals surface area (Å²) in [6.07, 6.45) is 0. The number of rotatable bonds is 2. The topological polar surface area (TPSA) is 92.5 Å². The van der Waals surface area contributed by atoms with Gasteiger partial charge in [-0.1, -0.05) is 0 Å². The Morgan fingerprint density at radius 1 is 1.08 bits per heavy atom. The van der Waals surface area contributed by atoms with Crippen LogP contribution in [0.3, 0.4) is 0 Å². The highest BCUT2D eigenvalue weighted by Crippen LogP contribution is 2.24. The summed E-state index contributed by atoms with van der Waals surface area (Å²) < 4.78 is 0. The maximum atomic E-state index is 9.17. The van der Waals surface area contributed by atoms with Gasteiger partial charge >= 0.3 is 0 Å². The zero-order valence-corrected chi connectivity index (χ0v) is 7.44. The lowest BCUT2D eigenvalue weighted by Crippen LogP contribution is -2.30. The first-order valence-corrected chi connectivity index (χ1v) is 4.05. The van der Waals surface area contributed by atoms with Crippen molar-refractivity contribution in [2.45, 2.75) is 19.0 Å². The fraction of sp³-hybridized carbons (Fsp3) is 0.333. The zero-order chi connectivity index (χ0) is 10.0. The molecule has 0 aliphatic heterocycles. The number of phenols is 2. The summed E-state index contributed by atoms with van der Waals surface area (Å²) >= 11 is 0. The largest absolute Gasteiger partial charge is 0.508 e. The van der Waals surface area contributed by atoms with E-state index < -0.39 is 0 Å². The number of aromatic hydroxyl groups is 2. The van der Waals surface area contributed by atoms with Crippen LogP contribution in [0.2, 0.25) is 0 Å². The summed E-state index contributed by atoms with van der Waals surface area (Å²) in [5, 5.41) is 18.3. The van der Waals surface area contributed by atoms with Gasteiger partial charge in [-0.2, -0.15) is 0 Å². The van der Waals surface area contributed by atoms with E-state index in [2.05, 4.69) is 0 Å². The van der Waals surface area contributed by atoms with Crippen LogP contribution in [0.4, 0.5) is 0 Å². The Hall–Kier alpha value is -1.26. The van der Waals surface area contributed by atoms with Crippen LogP contribution in [0.15, 0.2) is 18.2 Å². The van der Waals surface area contributed by atoms with Gasteiger partial charge in [0.25, 0.3) is 0 Å². The molecule has 0 aliphatic rings. The molecule has 1 aromatic carbocycles. The third kappa shape index (κ3) is 2.34. The van der Waals surface area contributed by atoms with Crippen LogP contribution in [0.5, 0.6) is 11.5 Å². The summed E-state index contributed by atoms with van der Waals surface area (Å²) in [5.74, 6) is -0.0165. The van der Waals surface area contributed by atoms with E-state index in [0.29, 0.717) is 5.56 Å². The molecule has 72 valence electrons. The fourth-order valence-electron chi connectivity index (χ4n) is 1.11. The van der Waals surface area contributed by atoms with Gasteiger partial charge in [-0.25, -0.2) is 0 Å². The number of nitrogens with two attached hydrogens (primary N) is 2. The molecule has 0 fully saturated rings. The highest BCUT2D eigenvalue weighted by Gasteiger charge is 2.12. The Balaban J connectivity index is 3.01. The van der Waals surface area contributed by atoms with E-state index in [4.69, 9.17) is 21.7 Å². The second kappa shape index (κ2) is 3.64. The molecule has 0 unspecified atom stereocenters. The second-order valence-corrected chi connectivity index (χ2v) is 3.17. The van der Waals surface area contributed by atoms with Crippen molar-refractivity contribution in [3.05, 3.63) is 23.8 Å². The standard InChI is InChI=1S/C9H14N2O2/c1-5(10)9(11)6-2-7(12)4-8(13)3-6/h2-5,9,12-13H,10-11H2,1H3/t5-,9+/m0/s1. The monoisotopic (exact) mass is 182 g/mol. The fourth-order valence-corrected chi connectivity index (χ4v) is 1.11. The van der Waals surface area contributed by atoms with Gasteiger partial charge in [0, 0.05) is 18.2 Å². The van der Waals surface area contributed by atoms with Crippen molar-refractivity contribution in [2.75, 3.05) is 0 Å². The molecule has 13 heavy (non-hydrogen) atoms. The van der Waals surface area contributed by atoms with E-state index in [-0.39, 0.29) is 23.6 Å². The third-order valence-electron chi connectivity index (χ3n) is 1.88. The van der Waals surface area contributed by atoms with Crippen molar-refractivity contribution in [3.8, 4) is 11.5 Å². The summed E-state index contributed by atoms with van der Waals surface area (Å²) in [5.41, 5.74) is 11.9. The molecule has 1 aromatic rings. The molecular formula is C9H14N2O2. The Bertz CT molecular complexity index is 279. The Kier molecular flexibility index (Phi) is 2.75. The number of phenolic OH excluding ortho intramolecular Hbond substituents is 2. The number of hydrogen-bond donors (Lipinski definition) is 4. The van der Waals surface area contributed by atoms with Gasteiger partial charge in [0.2, 0.25) is 0 Å². The highest BCUT2D eigenvalue weighted by molar-refractivity contribution is 5.38. The minimum atomic E-state index is -0.377. The molecule has 0 spiro atoms. The lowest BCUT2D eigenvalue weighted by Gasteiger charge is -2.16. The summed E-state index contributed by atoms with van der Waals surface area (Å²) in [4.78, 5) is 0. The molecule has 0 radical (unpaired) electrons. The molecule has 2 atom stereocenters. The predicted molar refractivity (Wildman–Crippen MR) is 50.3 cm³/mol. The van der Waals surface area contributed by atoms with Gasteiger partial charge in [0.05, 0.1) is 0 Å². The van der Waals surface area contributed by atoms with E-state index in [1.807, 2.05) is 0 Å². The normalized spacial score (nSPS) is 15.3. The first-order chi connectivity index (χ1) is 6.00. The van der Waals surface area contributed by atoms with E-state index in [0.717, 1.165) is 0 Å². The summed E-state index contributed by atoms with van der Waals surface area (Å²) in [6.45, 7) is 1.77. The summed E-state index contributed by atoms with van der Waals surface area (Å²) in [7, 11) is 0. The van der Waals surface area contributed by atoms with Gasteiger partial charge in [-0.15, -0.1) is 0 Å². The maximum Gasteiger partial charge on any atom is 0.119 e. The average molecular weight is 182 g/mol. The molecule has 0 saturated carbocycles. The molecule has 4 nitrogen and oxygen atoms in total. The van der Waals surface area contributed by atoms with Gasteiger partial charge in [0.15, 0.2) is 0 Å². The van der Waals surface area contributed by atoms with Gasteiger partial charge in [-0.05, 0) is 24.6 Å². The van der Waals surface area contributed by atoms with Crippen LogP contribution in [0.25, 0.3) is 0 Å². The predicted octanol–water partition coefficient (Wildman–Crippen LogP) is 0.445. The average Bonchev–Trinajstić information content (AvgIpc) is 2.01. The quantitative estimate of drug-likeness (QED) is 0.534. The van der Waals surface area contributed by atoms with E-state index in [1.165, 1.54) is 18.2 Å². The molecule has 6 N–H and O–H groups in total. The van der Waals surface area contributed by atoms with E-state index in [1.54, 1.807) is 6.92 Å². The minimum Gasteiger partial charge on any atom is -0.508 e. The maximum absolute atomic E-state index is 9.17. The van der Waals surface area contributed by atoms with E-state index >= 15 is 0 Å². The van der Waals surface area contributed by atoms with Crippen molar-refractivity contribution in [1.29, 1.82) is 0 Å². The molecule has 0 aliphatic carbocycles. The van der Waals surface area contributed by atoms with Crippen LogP contribution in [0.1, 0.15) is 18.5 Å². The minimum absolute atomic E-state index is 0.00824. The first-order valence-electron chi connectivity index (χ1n) is 4.05.